The molecule has 1 aromatic rings. The number of benzene rings is 1. The number of carbonyl (C=O) groups is 1. The number of rotatable bonds is 3. The first-order valence-corrected chi connectivity index (χ1v) is 6.61. The zero-order valence-corrected chi connectivity index (χ0v) is 11.7. The molecule has 1 fully saturated rings. The second-order valence-electron chi connectivity index (χ2n) is 4.60. The molecule has 1 aliphatic carbocycles. The lowest BCUT2D eigenvalue weighted by atomic mass is 9.78. The van der Waals surface area contributed by atoms with E-state index in [1.807, 2.05) is 0 Å². The van der Waals surface area contributed by atoms with Gasteiger partial charge in [-0.15, -0.1) is 0 Å². The van der Waals surface area contributed by atoms with Crippen LogP contribution in [0.4, 0.5) is 0 Å². The quantitative estimate of drug-likeness (QED) is 0.899. The van der Waals surface area contributed by atoms with Crippen LogP contribution in [0, 0.1) is 0 Å². The minimum absolute atomic E-state index is 0.0000926. The number of carboxylic acids is 1. The average Bonchev–Trinajstić information content (AvgIpc) is 2.82. The Kier molecular flexibility index (Phi) is 3.52. The Balaban J connectivity index is 2.61. The fourth-order valence-electron chi connectivity index (χ4n) is 2.63. The van der Waals surface area contributed by atoms with Gasteiger partial charge in [0, 0.05) is 5.56 Å². The summed E-state index contributed by atoms with van der Waals surface area (Å²) in [7, 11) is 1.52. The van der Waals surface area contributed by atoms with Crippen LogP contribution in [0.2, 0.25) is 0 Å². The van der Waals surface area contributed by atoms with E-state index in [1.54, 1.807) is 12.1 Å². The third kappa shape index (κ3) is 1.96. The summed E-state index contributed by atoms with van der Waals surface area (Å²) in [5.74, 6) is -0.335. The lowest BCUT2D eigenvalue weighted by molar-refractivity contribution is -0.143. The highest BCUT2D eigenvalue weighted by Gasteiger charge is 2.45. The number of aromatic hydroxyl groups is 1. The van der Waals surface area contributed by atoms with Gasteiger partial charge in [0.15, 0.2) is 0 Å². The first-order chi connectivity index (χ1) is 8.51. The number of carboxylic acid groups (broad SMARTS) is 1. The molecule has 0 aromatic heterocycles. The number of aliphatic carboxylic acids is 1. The average molecular weight is 315 g/mol. The van der Waals surface area contributed by atoms with Crippen LogP contribution >= 0.6 is 15.9 Å². The van der Waals surface area contributed by atoms with Gasteiger partial charge in [0.25, 0.3) is 0 Å². The van der Waals surface area contributed by atoms with Crippen molar-refractivity contribution in [3.8, 4) is 11.5 Å². The Hall–Kier alpha value is -1.23. The molecule has 98 valence electrons. The molecule has 0 radical (unpaired) electrons. The van der Waals surface area contributed by atoms with Crippen molar-refractivity contribution in [3.05, 3.63) is 22.2 Å². The molecule has 0 spiro atoms. The van der Waals surface area contributed by atoms with Crippen molar-refractivity contribution in [1.29, 1.82) is 0 Å². The molecule has 1 saturated carbocycles. The van der Waals surface area contributed by atoms with E-state index in [0.717, 1.165) is 12.8 Å². The van der Waals surface area contributed by atoms with Crippen LogP contribution in [-0.2, 0) is 10.2 Å². The molecule has 5 heteroatoms. The highest BCUT2D eigenvalue weighted by molar-refractivity contribution is 9.10. The monoisotopic (exact) mass is 314 g/mol. The van der Waals surface area contributed by atoms with Gasteiger partial charge in [-0.1, -0.05) is 12.8 Å². The Labute approximate surface area is 114 Å². The van der Waals surface area contributed by atoms with E-state index in [1.165, 1.54) is 7.11 Å². The molecule has 0 amide bonds. The summed E-state index contributed by atoms with van der Waals surface area (Å²) in [5, 5.41) is 19.7. The van der Waals surface area contributed by atoms with Crippen LogP contribution in [0.1, 0.15) is 31.2 Å². The van der Waals surface area contributed by atoms with Crippen LogP contribution in [0.15, 0.2) is 16.6 Å². The smallest absolute Gasteiger partial charge is 0.314 e. The summed E-state index contributed by atoms with van der Waals surface area (Å²) < 4.78 is 5.60. The van der Waals surface area contributed by atoms with Gasteiger partial charge in [-0.05, 0) is 40.9 Å². The second-order valence-corrected chi connectivity index (χ2v) is 5.45. The summed E-state index contributed by atoms with van der Waals surface area (Å²) in [6, 6.07) is 3.25. The van der Waals surface area contributed by atoms with Crippen LogP contribution in [0.5, 0.6) is 11.5 Å². The van der Waals surface area contributed by atoms with Gasteiger partial charge in [-0.2, -0.15) is 0 Å². The van der Waals surface area contributed by atoms with Crippen molar-refractivity contribution >= 4 is 21.9 Å². The lowest BCUT2D eigenvalue weighted by Gasteiger charge is -2.26. The molecule has 0 unspecified atom stereocenters. The highest BCUT2D eigenvalue weighted by atomic mass is 79.9. The van der Waals surface area contributed by atoms with Gasteiger partial charge in [0.1, 0.15) is 11.5 Å². The van der Waals surface area contributed by atoms with Gasteiger partial charge >= 0.3 is 5.97 Å². The first kappa shape index (κ1) is 13.2. The van der Waals surface area contributed by atoms with E-state index in [9.17, 15) is 15.0 Å². The molecule has 4 nitrogen and oxygen atoms in total. The molecule has 0 heterocycles. The topological polar surface area (TPSA) is 66.8 Å². The highest BCUT2D eigenvalue weighted by Crippen LogP contribution is 2.48. The standard InChI is InChI=1S/C13H15BrO4/c1-18-8-6-9(11(15)10(14)7-8)13(12(16)17)4-2-3-5-13/h6-7,15H,2-5H2,1H3,(H,16,17). The maximum atomic E-state index is 11.6. The van der Waals surface area contributed by atoms with Crippen molar-refractivity contribution in [2.45, 2.75) is 31.1 Å². The summed E-state index contributed by atoms with van der Waals surface area (Å²) in [6.07, 6.45) is 2.83. The van der Waals surface area contributed by atoms with Crippen LogP contribution in [-0.4, -0.2) is 23.3 Å². The number of hydrogen-bond donors (Lipinski definition) is 2. The van der Waals surface area contributed by atoms with Gasteiger partial charge in [0.05, 0.1) is 17.0 Å². The van der Waals surface area contributed by atoms with Crippen molar-refractivity contribution in [2.75, 3.05) is 7.11 Å². The Bertz CT molecular complexity index is 478. The van der Waals surface area contributed by atoms with Crippen LogP contribution in [0.3, 0.4) is 0 Å². The molecule has 1 aromatic carbocycles. The zero-order valence-electron chi connectivity index (χ0n) is 10.1. The van der Waals surface area contributed by atoms with E-state index in [4.69, 9.17) is 4.74 Å². The molecular weight excluding hydrogens is 300 g/mol. The number of phenols is 1. The van der Waals surface area contributed by atoms with Gasteiger partial charge in [-0.3, -0.25) is 4.79 Å². The van der Waals surface area contributed by atoms with Gasteiger partial charge < -0.3 is 14.9 Å². The molecule has 2 rings (SSSR count). The van der Waals surface area contributed by atoms with E-state index in [-0.39, 0.29) is 5.75 Å². The SMILES string of the molecule is COc1cc(Br)c(O)c(C2(C(=O)O)CCCC2)c1. The predicted octanol–water partition coefficient (Wildman–Crippen LogP) is 3.06. The third-order valence-electron chi connectivity index (χ3n) is 3.65. The maximum absolute atomic E-state index is 11.6. The van der Waals surface area contributed by atoms with Crippen molar-refractivity contribution in [3.63, 3.8) is 0 Å². The zero-order chi connectivity index (χ0) is 13.3. The van der Waals surface area contributed by atoms with Crippen molar-refractivity contribution in [1.82, 2.24) is 0 Å². The number of ether oxygens (including phenoxy) is 1. The van der Waals surface area contributed by atoms with E-state index in [0.29, 0.717) is 28.6 Å². The molecule has 2 N–H and O–H groups in total. The number of methoxy groups -OCH3 is 1. The molecule has 18 heavy (non-hydrogen) atoms. The normalized spacial score (nSPS) is 17.7. The Morgan fingerprint density at radius 2 is 2.00 bits per heavy atom. The minimum Gasteiger partial charge on any atom is -0.506 e. The van der Waals surface area contributed by atoms with Crippen LogP contribution < -0.4 is 4.74 Å². The fourth-order valence-corrected chi connectivity index (χ4v) is 3.07. The Morgan fingerprint density at radius 1 is 1.39 bits per heavy atom. The summed E-state index contributed by atoms with van der Waals surface area (Å²) in [4.78, 5) is 11.6. The molecule has 0 aliphatic heterocycles. The summed E-state index contributed by atoms with van der Waals surface area (Å²) in [5.41, 5.74) is -0.542. The van der Waals surface area contributed by atoms with E-state index >= 15 is 0 Å². The third-order valence-corrected chi connectivity index (χ3v) is 4.26. The van der Waals surface area contributed by atoms with Crippen LogP contribution in [0.25, 0.3) is 0 Å². The lowest BCUT2D eigenvalue weighted by Crippen LogP contribution is -2.32. The van der Waals surface area contributed by atoms with Crippen molar-refractivity contribution < 1.29 is 19.7 Å². The predicted molar refractivity (Wildman–Crippen MR) is 70.1 cm³/mol. The maximum Gasteiger partial charge on any atom is 0.314 e. The summed E-state index contributed by atoms with van der Waals surface area (Å²) >= 11 is 3.24. The molecule has 1 aliphatic rings. The number of phenolic OH excluding ortho intramolecular Hbond substituents is 1. The number of halogens is 1. The number of hydrogen-bond acceptors (Lipinski definition) is 3. The molecule has 0 bridgehead atoms. The van der Waals surface area contributed by atoms with Gasteiger partial charge in [0.2, 0.25) is 0 Å². The molecule has 0 atom stereocenters. The Morgan fingerprint density at radius 3 is 2.50 bits per heavy atom. The summed E-state index contributed by atoms with van der Waals surface area (Å²) in [6.45, 7) is 0. The second kappa shape index (κ2) is 4.80. The fraction of sp³-hybridized carbons (Fsp3) is 0.462. The van der Waals surface area contributed by atoms with E-state index in [2.05, 4.69) is 15.9 Å². The van der Waals surface area contributed by atoms with Gasteiger partial charge in [-0.25, -0.2) is 0 Å². The largest absolute Gasteiger partial charge is 0.506 e. The molecule has 0 saturated heterocycles. The first-order valence-electron chi connectivity index (χ1n) is 5.81. The minimum atomic E-state index is -0.985. The molecular formula is C13H15BrO4. The van der Waals surface area contributed by atoms with Crippen molar-refractivity contribution in [2.24, 2.45) is 0 Å². The van der Waals surface area contributed by atoms with E-state index < -0.39 is 11.4 Å².